The van der Waals surface area contributed by atoms with Crippen LogP contribution in [0.4, 0.5) is 13.2 Å². The van der Waals surface area contributed by atoms with E-state index in [1.54, 1.807) is 5.32 Å². The smallest absolute Gasteiger partial charge is 0.345 e. The van der Waals surface area contributed by atoms with E-state index in [1.165, 1.54) is 14.0 Å². The van der Waals surface area contributed by atoms with Crippen molar-refractivity contribution in [1.82, 2.24) is 10.2 Å². The third-order valence-electron chi connectivity index (χ3n) is 1.63. The second-order valence-electron chi connectivity index (χ2n) is 3.37. The van der Waals surface area contributed by atoms with Gasteiger partial charge in [0.1, 0.15) is 6.54 Å². The van der Waals surface area contributed by atoms with Gasteiger partial charge in [0.05, 0.1) is 12.6 Å². The molecule has 0 unspecified atom stereocenters. The molecule has 0 rings (SSSR count). The standard InChI is InChI=1S/C8H14F3N3O2/c1-5(12)7(16)14(2)3-6(15)13-4-8(9,10)11/h5H,3-4,12H2,1-2H3,(H,13,15)/t5-/m1/s1. The summed E-state index contributed by atoms with van der Waals surface area (Å²) in [5.41, 5.74) is 5.25. The fourth-order valence-corrected chi connectivity index (χ4v) is 0.896. The maximum Gasteiger partial charge on any atom is 0.405 e. The van der Waals surface area contributed by atoms with Crippen molar-refractivity contribution in [3.8, 4) is 0 Å². The quantitative estimate of drug-likeness (QED) is 0.694. The number of alkyl halides is 3. The fourth-order valence-electron chi connectivity index (χ4n) is 0.896. The molecule has 0 aliphatic rings. The van der Waals surface area contributed by atoms with Crippen LogP contribution >= 0.6 is 0 Å². The van der Waals surface area contributed by atoms with E-state index in [-0.39, 0.29) is 0 Å². The maximum absolute atomic E-state index is 11.7. The van der Waals surface area contributed by atoms with E-state index in [0.717, 1.165) is 4.90 Å². The second kappa shape index (κ2) is 5.69. The highest BCUT2D eigenvalue weighted by Crippen LogP contribution is 2.11. The van der Waals surface area contributed by atoms with Crippen LogP contribution in [-0.4, -0.2) is 49.1 Å². The first-order valence-electron chi connectivity index (χ1n) is 4.47. The zero-order chi connectivity index (χ0) is 12.9. The van der Waals surface area contributed by atoms with Gasteiger partial charge in [-0.1, -0.05) is 0 Å². The number of hydrogen-bond acceptors (Lipinski definition) is 3. The van der Waals surface area contributed by atoms with Crippen molar-refractivity contribution < 1.29 is 22.8 Å². The van der Waals surface area contributed by atoms with Gasteiger partial charge < -0.3 is 16.0 Å². The van der Waals surface area contributed by atoms with Crippen LogP contribution in [0.2, 0.25) is 0 Å². The van der Waals surface area contributed by atoms with Gasteiger partial charge in [-0.25, -0.2) is 0 Å². The lowest BCUT2D eigenvalue weighted by Crippen LogP contribution is -2.46. The Balaban J connectivity index is 4.02. The molecule has 8 heteroatoms. The monoisotopic (exact) mass is 241 g/mol. The van der Waals surface area contributed by atoms with Crippen LogP contribution in [-0.2, 0) is 9.59 Å². The molecule has 0 aliphatic carbocycles. The first kappa shape index (κ1) is 14.7. The highest BCUT2D eigenvalue weighted by Gasteiger charge is 2.28. The Bertz CT molecular complexity index is 266. The fraction of sp³-hybridized carbons (Fsp3) is 0.750. The molecule has 0 aliphatic heterocycles. The number of nitrogens with zero attached hydrogens (tertiary/aromatic N) is 1. The summed E-state index contributed by atoms with van der Waals surface area (Å²) in [7, 11) is 1.29. The summed E-state index contributed by atoms with van der Waals surface area (Å²) >= 11 is 0. The summed E-state index contributed by atoms with van der Waals surface area (Å²) in [6.45, 7) is -0.436. The number of amides is 2. The lowest BCUT2D eigenvalue weighted by Gasteiger charge is -2.18. The van der Waals surface area contributed by atoms with Gasteiger partial charge in [0, 0.05) is 7.05 Å². The Morgan fingerprint density at radius 3 is 2.31 bits per heavy atom. The Morgan fingerprint density at radius 1 is 1.44 bits per heavy atom. The van der Waals surface area contributed by atoms with E-state index in [9.17, 15) is 22.8 Å². The van der Waals surface area contributed by atoms with Gasteiger partial charge in [0.15, 0.2) is 0 Å². The molecule has 0 aromatic heterocycles. The molecule has 0 fully saturated rings. The van der Waals surface area contributed by atoms with Crippen LogP contribution in [0.1, 0.15) is 6.92 Å². The molecule has 0 heterocycles. The molecular formula is C8H14F3N3O2. The molecule has 0 saturated heterocycles. The van der Waals surface area contributed by atoms with Crippen molar-refractivity contribution in [2.24, 2.45) is 5.73 Å². The Kier molecular flexibility index (Phi) is 5.22. The number of rotatable bonds is 4. The van der Waals surface area contributed by atoms with E-state index in [4.69, 9.17) is 5.73 Å². The normalized spacial score (nSPS) is 13.1. The number of nitrogens with two attached hydrogens (primary N) is 1. The van der Waals surface area contributed by atoms with E-state index in [1.807, 2.05) is 0 Å². The highest BCUT2D eigenvalue weighted by atomic mass is 19.4. The molecule has 0 bridgehead atoms. The average Bonchev–Trinajstić information content (AvgIpc) is 2.12. The topological polar surface area (TPSA) is 75.4 Å². The van der Waals surface area contributed by atoms with Gasteiger partial charge >= 0.3 is 6.18 Å². The number of halogens is 3. The summed E-state index contributed by atoms with van der Waals surface area (Å²) in [5, 5.41) is 1.65. The van der Waals surface area contributed by atoms with Crippen molar-refractivity contribution in [3.05, 3.63) is 0 Å². The van der Waals surface area contributed by atoms with Crippen LogP contribution in [0.5, 0.6) is 0 Å². The van der Waals surface area contributed by atoms with Crippen LogP contribution in [0.25, 0.3) is 0 Å². The van der Waals surface area contributed by atoms with Gasteiger partial charge in [0.25, 0.3) is 0 Å². The van der Waals surface area contributed by atoms with Crippen LogP contribution < -0.4 is 11.1 Å². The van der Waals surface area contributed by atoms with Gasteiger partial charge in [-0.2, -0.15) is 13.2 Å². The number of likely N-dealkylation sites (N-methyl/N-ethyl adjacent to an activating group) is 1. The Labute approximate surface area is 90.8 Å². The van der Waals surface area contributed by atoms with Crippen molar-refractivity contribution in [2.75, 3.05) is 20.1 Å². The Morgan fingerprint density at radius 2 is 1.94 bits per heavy atom. The minimum absolute atomic E-state index is 0.448. The summed E-state index contributed by atoms with van der Waals surface area (Å²) in [6, 6.07) is -0.791. The largest absolute Gasteiger partial charge is 0.405 e. The molecule has 1 atom stereocenters. The first-order chi connectivity index (χ1) is 7.13. The number of carbonyl (C=O) groups excluding carboxylic acids is 2. The number of nitrogens with one attached hydrogen (secondary N) is 1. The summed E-state index contributed by atoms with van der Waals surface area (Å²) in [6.07, 6.45) is -4.46. The summed E-state index contributed by atoms with van der Waals surface area (Å²) in [4.78, 5) is 23.1. The minimum Gasteiger partial charge on any atom is -0.345 e. The van der Waals surface area contributed by atoms with Gasteiger partial charge in [-0.3, -0.25) is 9.59 Å². The molecule has 0 aromatic rings. The molecular weight excluding hydrogens is 227 g/mol. The molecule has 3 N–H and O–H groups in total. The number of hydrogen-bond donors (Lipinski definition) is 2. The van der Waals surface area contributed by atoms with Crippen molar-refractivity contribution in [1.29, 1.82) is 0 Å². The van der Waals surface area contributed by atoms with Crippen molar-refractivity contribution >= 4 is 11.8 Å². The third kappa shape index (κ3) is 6.23. The molecule has 5 nitrogen and oxygen atoms in total. The van der Waals surface area contributed by atoms with Crippen LogP contribution in [0.15, 0.2) is 0 Å². The lowest BCUT2D eigenvalue weighted by atomic mass is 10.3. The second-order valence-corrected chi connectivity index (χ2v) is 3.37. The molecule has 0 spiro atoms. The summed E-state index contributed by atoms with van der Waals surface area (Å²) in [5.74, 6) is -1.39. The van der Waals surface area contributed by atoms with Gasteiger partial charge in [0.2, 0.25) is 11.8 Å². The molecule has 0 aromatic carbocycles. The zero-order valence-corrected chi connectivity index (χ0v) is 8.97. The maximum atomic E-state index is 11.7. The van der Waals surface area contributed by atoms with E-state index < -0.39 is 37.1 Å². The van der Waals surface area contributed by atoms with Crippen molar-refractivity contribution in [3.63, 3.8) is 0 Å². The predicted molar refractivity (Wildman–Crippen MR) is 50.4 cm³/mol. The van der Waals surface area contributed by atoms with E-state index in [2.05, 4.69) is 0 Å². The van der Waals surface area contributed by atoms with Gasteiger partial charge in [-0.05, 0) is 6.92 Å². The lowest BCUT2D eigenvalue weighted by molar-refractivity contribution is -0.141. The van der Waals surface area contributed by atoms with Crippen LogP contribution in [0, 0.1) is 0 Å². The van der Waals surface area contributed by atoms with E-state index >= 15 is 0 Å². The third-order valence-corrected chi connectivity index (χ3v) is 1.63. The molecule has 0 saturated carbocycles. The number of carbonyl (C=O) groups is 2. The Hall–Kier alpha value is -1.31. The van der Waals surface area contributed by atoms with Crippen molar-refractivity contribution in [2.45, 2.75) is 19.1 Å². The molecule has 0 radical (unpaired) electrons. The average molecular weight is 241 g/mol. The van der Waals surface area contributed by atoms with Crippen LogP contribution in [0.3, 0.4) is 0 Å². The highest BCUT2D eigenvalue weighted by molar-refractivity contribution is 5.86. The molecule has 2 amide bonds. The summed E-state index contributed by atoms with van der Waals surface area (Å²) < 4.78 is 35.2. The first-order valence-corrected chi connectivity index (χ1v) is 4.47. The zero-order valence-electron chi connectivity index (χ0n) is 8.97. The minimum atomic E-state index is -4.46. The predicted octanol–water partition coefficient (Wildman–Crippen LogP) is -0.529. The SMILES string of the molecule is C[C@@H](N)C(=O)N(C)CC(=O)NCC(F)(F)F. The molecule has 94 valence electrons. The van der Waals surface area contributed by atoms with E-state index in [0.29, 0.717) is 0 Å². The van der Waals surface area contributed by atoms with Gasteiger partial charge in [-0.15, -0.1) is 0 Å². The molecule has 16 heavy (non-hydrogen) atoms.